The van der Waals surface area contributed by atoms with Gasteiger partial charge in [-0.25, -0.2) is 4.79 Å². The van der Waals surface area contributed by atoms with E-state index in [1.54, 1.807) is 18.2 Å². The Bertz CT molecular complexity index is 645. The van der Waals surface area contributed by atoms with Crippen LogP contribution in [0.4, 0.5) is 0 Å². The fraction of sp³-hybridized carbons (Fsp3) is 0.231. The highest BCUT2D eigenvalue weighted by Crippen LogP contribution is 2.17. The maximum atomic E-state index is 11.8. The summed E-state index contributed by atoms with van der Waals surface area (Å²) in [5.41, 5.74) is 0.0431. The molecule has 1 heterocycles. The van der Waals surface area contributed by atoms with Gasteiger partial charge in [-0.2, -0.15) is 0 Å². The van der Waals surface area contributed by atoms with Crippen LogP contribution in [-0.4, -0.2) is 22.7 Å². The quantitative estimate of drug-likeness (QED) is 0.866. The molecule has 2 N–H and O–H groups in total. The van der Waals surface area contributed by atoms with Gasteiger partial charge in [0.15, 0.2) is 5.43 Å². The van der Waals surface area contributed by atoms with Gasteiger partial charge in [-0.05, 0) is 24.6 Å². The van der Waals surface area contributed by atoms with Crippen LogP contribution >= 0.6 is 0 Å². The molecule has 18 heavy (non-hydrogen) atoms. The number of pyridine rings is 1. The molecule has 0 aliphatic rings. The Balaban J connectivity index is 2.51. The number of aromatic amines is 1. The zero-order valence-corrected chi connectivity index (χ0v) is 9.90. The minimum atomic E-state index is -1.15. The summed E-state index contributed by atoms with van der Waals surface area (Å²) in [5, 5.41) is 9.27. The molecule has 5 nitrogen and oxygen atoms in total. The average Bonchev–Trinajstić information content (AvgIpc) is 2.36. The van der Waals surface area contributed by atoms with E-state index < -0.39 is 5.97 Å². The molecule has 0 aliphatic heterocycles. The van der Waals surface area contributed by atoms with Crippen LogP contribution < -0.4 is 10.2 Å². The molecule has 0 unspecified atom stereocenters. The van der Waals surface area contributed by atoms with Crippen molar-refractivity contribution in [2.75, 3.05) is 6.61 Å². The summed E-state index contributed by atoms with van der Waals surface area (Å²) in [4.78, 5) is 25.3. The molecule has 0 saturated carbocycles. The van der Waals surface area contributed by atoms with Crippen molar-refractivity contribution < 1.29 is 14.6 Å². The molecule has 2 aromatic rings. The number of nitrogens with one attached hydrogen (secondary N) is 1. The number of carbonyl (C=O) groups is 1. The number of H-pyrrole nitrogens is 1. The molecule has 0 spiro atoms. The van der Waals surface area contributed by atoms with Crippen molar-refractivity contribution in [3.63, 3.8) is 0 Å². The van der Waals surface area contributed by atoms with E-state index >= 15 is 0 Å². The zero-order chi connectivity index (χ0) is 13.1. The van der Waals surface area contributed by atoms with Crippen molar-refractivity contribution in [2.24, 2.45) is 0 Å². The summed E-state index contributed by atoms with van der Waals surface area (Å²) < 4.78 is 5.43. The Labute approximate surface area is 103 Å². The van der Waals surface area contributed by atoms with Crippen LogP contribution in [0, 0.1) is 0 Å². The number of fused-ring (bicyclic) bond motifs is 1. The molecule has 5 heteroatoms. The van der Waals surface area contributed by atoms with Gasteiger partial charge in [0, 0.05) is 11.5 Å². The lowest BCUT2D eigenvalue weighted by molar-refractivity contribution is 0.0691. The number of rotatable bonds is 4. The first-order valence-corrected chi connectivity index (χ1v) is 5.65. The predicted molar refractivity (Wildman–Crippen MR) is 67.3 cm³/mol. The van der Waals surface area contributed by atoms with E-state index in [1.165, 1.54) is 0 Å². The molecule has 0 radical (unpaired) electrons. The molecule has 0 aliphatic carbocycles. The lowest BCUT2D eigenvalue weighted by Crippen LogP contribution is -2.09. The van der Waals surface area contributed by atoms with Gasteiger partial charge in [0.1, 0.15) is 11.4 Å². The SMILES string of the molecule is CCCOc1ccc2[nH]c(C(=O)O)cc(=O)c2c1. The fourth-order valence-corrected chi connectivity index (χ4v) is 1.65. The van der Waals surface area contributed by atoms with Crippen LogP contribution in [-0.2, 0) is 0 Å². The second-order valence-electron chi connectivity index (χ2n) is 3.91. The van der Waals surface area contributed by atoms with E-state index in [0.29, 0.717) is 23.3 Å². The van der Waals surface area contributed by atoms with Gasteiger partial charge in [-0.15, -0.1) is 0 Å². The van der Waals surface area contributed by atoms with Crippen LogP contribution in [0.3, 0.4) is 0 Å². The summed E-state index contributed by atoms with van der Waals surface area (Å²) in [6, 6.07) is 6.05. The first kappa shape index (κ1) is 12.2. The summed E-state index contributed by atoms with van der Waals surface area (Å²) in [7, 11) is 0. The second-order valence-corrected chi connectivity index (χ2v) is 3.91. The van der Waals surface area contributed by atoms with E-state index in [9.17, 15) is 9.59 Å². The van der Waals surface area contributed by atoms with Gasteiger partial charge in [0.05, 0.1) is 12.1 Å². The minimum absolute atomic E-state index is 0.116. The number of benzene rings is 1. The Morgan fingerprint density at radius 1 is 1.39 bits per heavy atom. The number of ether oxygens (including phenoxy) is 1. The van der Waals surface area contributed by atoms with Crippen molar-refractivity contribution in [1.29, 1.82) is 0 Å². The van der Waals surface area contributed by atoms with E-state index in [0.717, 1.165) is 12.5 Å². The Kier molecular flexibility index (Phi) is 3.32. The normalized spacial score (nSPS) is 10.5. The van der Waals surface area contributed by atoms with Crippen molar-refractivity contribution in [3.8, 4) is 5.75 Å². The van der Waals surface area contributed by atoms with Crippen LogP contribution in [0.5, 0.6) is 5.75 Å². The third-order valence-electron chi connectivity index (χ3n) is 2.50. The standard InChI is InChI=1S/C13H13NO4/c1-2-5-18-8-3-4-10-9(6-8)12(15)7-11(14-10)13(16)17/h3-4,6-7H,2,5H2,1H3,(H,14,15)(H,16,17). The summed E-state index contributed by atoms with van der Waals surface area (Å²) in [6.45, 7) is 2.57. The van der Waals surface area contributed by atoms with E-state index in [1.807, 2.05) is 6.92 Å². The first-order valence-electron chi connectivity index (χ1n) is 5.65. The molecule has 0 amide bonds. The minimum Gasteiger partial charge on any atom is -0.494 e. The average molecular weight is 247 g/mol. The smallest absolute Gasteiger partial charge is 0.352 e. The third-order valence-corrected chi connectivity index (χ3v) is 2.50. The highest BCUT2D eigenvalue weighted by atomic mass is 16.5. The number of carboxylic acid groups (broad SMARTS) is 1. The van der Waals surface area contributed by atoms with Crippen molar-refractivity contribution >= 4 is 16.9 Å². The second kappa shape index (κ2) is 4.91. The molecule has 1 aromatic carbocycles. The predicted octanol–water partition coefficient (Wildman–Crippen LogP) is 2.02. The molecular formula is C13H13NO4. The van der Waals surface area contributed by atoms with E-state index in [-0.39, 0.29) is 11.1 Å². The fourth-order valence-electron chi connectivity index (χ4n) is 1.65. The Morgan fingerprint density at radius 3 is 2.83 bits per heavy atom. The monoisotopic (exact) mass is 247 g/mol. The molecule has 94 valence electrons. The largest absolute Gasteiger partial charge is 0.494 e. The highest BCUT2D eigenvalue weighted by Gasteiger charge is 2.08. The Hall–Kier alpha value is -2.30. The van der Waals surface area contributed by atoms with E-state index in [4.69, 9.17) is 9.84 Å². The lowest BCUT2D eigenvalue weighted by Gasteiger charge is -2.06. The van der Waals surface area contributed by atoms with Crippen molar-refractivity contribution in [1.82, 2.24) is 4.98 Å². The third kappa shape index (κ3) is 2.34. The van der Waals surface area contributed by atoms with Gasteiger partial charge < -0.3 is 14.8 Å². The molecule has 0 atom stereocenters. The van der Waals surface area contributed by atoms with Gasteiger partial charge >= 0.3 is 5.97 Å². The number of aromatic nitrogens is 1. The van der Waals surface area contributed by atoms with Gasteiger partial charge in [0.25, 0.3) is 0 Å². The maximum Gasteiger partial charge on any atom is 0.352 e. The van der Waals surface area contributed by atoms with Crippen LogP contribution in [0.25, 0.3) is 10.9 Å². The van der Waals surface area contributed by atoms with Crippen molar-refractivity contribution in [2.45, 2.75) is 13.3 Å². The molecular weight excluding hydrogens is 234 g/mol. The highest BCUT2D eigenvalue weighted by molar-refractivity contribution is 5.90. The topological polar surface area (TPSA) is 79.4 Å². The summed E-state index contributed by atoms with van der Waals surface area (Å²) >= 11 is 0. The zero-order valence-electron chi connectivity index (χ0n) is 9.90. The van der Waals surface area contributed by atoms with Crippen LogP contribution in [0.1, 0.15) is 23.8 Å². The van der Waals surface area contributed by atoms with Gasteiger partial charge in [-0.1, -0.05) is 6.92 Å². The van der Waals surface area contributed by atoms with Crippen molar-refractivity contribution in [3.05, 3.63) is 40.2 Å². The molecule has 0 bridgehead atoms. The number of carboxylic acids is 1. The lowest BCUT2D eigenvalue weighted by atomic mass is 10.2. The van der Waals surface area contributed by atoms with E-state index in [2.05, 4.69) is 4.98 Å². The first-order chi connectivity index (χ1) is 8.61. The molecule has 0 fully saturated rings. The van der Waals surface area contributed by atoms with Gasteiger partial charge in [0.2, 0.25) is 0 Å². The number of aromatic carboxylic acids is 1. The number of hydrogen-bond acceptors (Lipinski definition) is 3. The summed E-state index contributed by atoms with van der Waals surface area (Å²) in [6.07, 6.45) is 0.881. The van der Waals surface area contributed by atoms with Crippen LogP contribution in [0.2, 0.25) is 0 Å². The van der Waals surface area contributed by atoms with Gasteiger partial charge in [-0.3, -0.25) is 4.79 Å². The summed E-state index contributed by atoms with van der Waals surface area (Å²) in [5.74, 6) is -0.543. The van der Waals surface area contributed by atoms with Crippen LogP contribution in [0.15, 0.2) is 29.1 Å². The molecule has 0 saturated heterocycles. The Morgan fingerprint density at radius 2 is 2.17 bits per heavy atom. The number of hydrogen-bond donors (Lipinski definition) is 2. The molecule has 1 aromatic heterocycles. The maximum absolute atomic E-state index is 11.8. The molecule has 2 rings (SSSR count).